The summed E-state index contributed by atoms with van der Waals surface area (Å²) in [5.41, 5.74) is 2.49. The average molecular weight is 472 g/mol. The Hall–Kier alpha value is -3.17. The minimum absolute atomic E-state index is 0.0387. The van der Waals surface area contributed by atoms with Crippen LogP contribution in [0.25, 0.3) is 11.4 Å². The molecule has 0 bridgehead atoms. The molecular weight excluding hydrogens is 438 g/mol. The lowest BCUT2D eigenvalue weighted by Crippen LogP contribution is -2.36. The van der Waals surface area contributed by atoms with Crippen LogP contribution in [0.3, 0.4) is 0 Å². The molecule has 184 valence electrons. The molecule has 2 heterocycles. The van der Waals surface area contributed by atoms with Crippen LogP contribution in [-0.2, 0) is 23.2 Å². The second kappa shape index (κ2) is 9.99. The van der Waals surface area contributed by atoms with E-state index < -0.39 is 5.97 Å². The van der Waals surface area contributed by atoms with Gasteiger partial charge in [-0.15, -0.1) is 5.10 Å². The van der Waals surface area contributed by atoms with Crippen molar-refractivity contribution in [1.29, 1.82) is 0 Å². The molecule has 0 spiro atoms. The predicted molar refractivity (Wildman–Crippen MR) is 123 cm³/mol. The molecule has 0 aliphatic heterocycles. The maximum atomic E-state index is 12.5. The zero-order chi connectivity index (χ0) is 24.4. The van der Waals surface area contributed by atoms with Crippen LogP contribution in [0, 0.1) is 18.8 Å². The van der Waals surface area contributed by atoms with Crippen LogP contribution >= 0.6 is 0 Å². The smallest absolute Gasteiger partial charge is 0.410 e. The molecule has 0 saturated heterocycles. The number of aliphatic carboxylic acids is 1. The minimum Gasteiger partial charge on any atom is -0.489 e. The van der Waals surface area contributed by atoms with Crippen molar-refractivity contribution in [1.82, 2.24) is 24.9 Å². The van der Waals surface area contributed by atoms with Gasteiger partial charge in [0.05, 0.1) is 23.4 Å². The van der Waals surface area contributed by atoms with E-state index in [1.54, 1.807) is 29.7 Å². The first kappa shape index (κ1) is 24.0. The molecule has 0 aromatic carbocycles. The van der Waals surface area contributed by atoms with E-state index in [2.05, 4.69) is 15.3 Å². The summed E-state index contributed by atoms with van der Waals surface area (Å²) in [6.45, 7) is 3.93. The van der Waals surface area contributed by atoms with E-state index in [1.165, 1.54) is 0 Å². The minimum atomic E-state index is -0.762. The molecule has 2 aromatic heterocycles. The molecule has 10 nitrogen and oxygen atoms in total. The fraction of sp³-hybridized carbons (Fsp3) is 0.625. The van der Waals surface area contributed by atoms with Crippen LogP contribution in [0.1, 0.15) is 56.8 Å². The summed E-state index contributed by atoms with van der Waals surface area (Å²) in [6, 6.07) is 3.79. The topological polar surface area (TPSA) is 120 Å². The Balaban J connectivity index is 1.43. The van der Waals surface area contributed by atoms with E-state index in [0.717, 1.165) is 25.7 Å². The lowest BCUT2D eigenvalue weighted by atomic mass is 9.87. The number of aromatic nitrogens is 4. The van der Waals surface area contributed by atoms with Crippen molar-refractivity contribution in [3.8, 4) is 17.1 Å². The summed E-state index contributed by atoms with van der Waals surface area (Å²) in [5, 5.41) is 17.6. The van der Waals surface area contributed by atoms with E-state index in [0.29, 0.717) is 47.3 Å². The molecule has 2 saturated carbocycles. The molecule has 3 atom stereocenters. The number of carboxylic acid groups (broad SMARTS) is 1. The second-order valence-electron chi connectivity index (χ2n) is 9.47. The van der Waals surface area contributed by atoms with Crippen molar-refractivity contribution in [2.45, 2.75) is 71.1 Å². The number of hydrogen-bond acceptors (Lipinski definition) is 7. The normalized spacial score (nSPS) is 21.1. The Labute approximate surface area is 199 Å². The van der Waals surface area contributed by atoms with Gasteiger partial charge in [0.15, 0.2) is 0 Å². The molecule has 1 N–H and O–H groups in total. The molecule has 34 heavy (non-hydrogen) atoms. The van der Waals surface area contributed by atoms with Crippen molar-refractivity contribution in [2.24, 2.45) is 18.9 Å². The highest BCUT2D eigenvalue weighted by Crippen LogP contribution is 2.35. The lowest BCUT2D eigenvalue weighted by Gasteiger charge is -2.27. The Morgan fingerprint density at radius 2 is 2.03 bits per heavy atom. The maximum absolute atomic E-state index is 12.5. The molecular formula is C24H33N5O5. The standard InChI is InChI=1S/C24H33N5O5/c1-14-21(34-18-7-5-6-17(12-18)23(30)31)11-10-19(25-14)22-20(29(4)27-26-22)13-33-24(32)28(3)15(2)16-8-9-16/h10-11,15-18H,5-9,12-13H2,1-4H3,(H,30,31)/t15-,17+,18+/m1/s1. The fourth-order valence-electron chi connectivity index (χ4n) is 4.49. The zero-order valence-electron chi connectivity index (χ0n) is 20.2. The Kier molecular flexibility index (Phi) is 7.04. The molecule has 10 heteroatoms. The highest BCUT2D eigenvalue weighted by atomic mass is 16.6. The monoisotopic (exact) mass is 471 g/mol. The van der Waals surface area contributed by atoms with Gasteiger partial charge in [-0.05, 0) is 70.4 Å². The molecule has 2 aliphatic rings. The number of nitrogens with zero attached hydrogens (tertiary/aromatic N) is 5. The van der Waals surface area contributed by atoms with Crippen LogP contribution in [0.2, 0.25) is 0 Å². The summed E-state index contributed by atoms with van der Waals surface area (Å²) >= 11 is 0. The van der Waals surface area contributed by atoms with Gasteiger partial charge in [0.1, 0.15) is 23.7 Å². The van der Waals surface area contributed by atoms with E-state index >= 15 is 0 Å². The highest BCUT2D eigenvalue weighted by Gasteiger charge is 2.33. The number of rotatable bonds is 8. The van der Waals surface area contributed by atoms with E-state index in [-0.39, 0.29) is 30.8 Å². The summed E-state index contributed by atoms with van der Waals surface area (Å²) < 4.78 is 13.2. The van der Waals surface area contributed by atoms with Gasteiger partial charge in [0, 0.05) is 20.1 Å². The summed E-state index contributed by atoms with van der Waals surface area (Å²) in [6.07, 6.45) is 4.67. The van der Waals surface area contributed by atoms with Crippen LogP contribution in [0.5, 0.6) is 5.75 Å². The van der Waals surface area contributed by atoms with Crippen molar-refractivity contribution < 1.29 is 24.2 Å². The van der Waals surface area contributed by atoms with Gasteiger partial charge in [-0.1, -0.05) is 5.21 Å². The van der Waals surface area contributed by atoms with Crippen molar-refractivity contribution >= 4 is 12.1 Å². The number of carbonyl (C=O) groups is 2. The van der Waals surface area contributed by atoms with Crippen LogP contribution in [0.15, 0.2) is 12.1 Å². The fourth-order valence-corrected chi connectivity index (χ4v) is 4.49. The zero-order valence-corrected chi connectivity index (χ0v) is 20.2. The van der Waals surface area contributed by atoms with Crippen molar-refractivity contribution in [3.05, 3.63) is 23.5 Å². The van der Waals surface area contributed by atoms with Gasteiger partial charge in [-0.2, -0.15) is 0 Å². The maximum Gasteiger partial charge on any atom is 0.410 e. The number of amides is 1. The van der Waals surface area contributed by atoms with Crippen LogP contribution in [0.4, 0.5) is 4.79 Å². The Morgan fingerprint density at radius 3 is 2.71 bits per heavy atom. The summed E-state index contributed by atoms with van der Waals surface area (Å²) in [4.78, 5) is 30.1. The number of ether oxygens (including phenoxy) is 2. The van der Waals surface area contributed by atoms with Crippen molar-refractivity contribution in [2.75, 3.05) is 7.05 Å². The SMILES string of the molecule is Cc1nc(-c2nnn(C)c2COC(=O)N(C)[C@H](C)C2CC2)ccc1O[C@H]1CCC[C@H](C(=O)O)C1. The third kappa shape index (κ3) is 5.31. The van der Waals surface area contributed by atoms with Gasteiger partial charge >= 0.3 is 12.1 Å². The molecule has 2 aromatic rings. The summed E-state index contributed by atoms with van der Waals surface area (Å²) in [5.74, 6) is 0.0698. The van der Waals surface area contributed by atoms with E-state index in [4.69, 9.17) is 9.47 Å². The average Bonchev–Trinajstić information content (AvgIpc) is 3.61. The number of carboxylic acids is 1. The number of hydrogen-bond donors (Lipinski definition) is 1. The van der Waals surface area contributed by atoms with Gasteiger partial charge in [-0.3, -0.25) is 4.79 Å². The Morgan fingerprint density at radius 1 is 1.26 bits per heavy atom. The molecule has 4 rings (SSSR count). The van der Waals surface area contributed by atoms with Crippen LogP contribution < -0.4 is 4.74 Å². The number of aryl methyl sites for hydroxylation is 2. The molecule has 0 unspecified atom stereocenters. The quantitative estimate of drug-likeness (QED) is 0.620. The first-order valence-electron chi connectivity index (χ1n) is 11.9. The highest BCUT2D eigenvalue weighted by molar-refractivity contribution is 5.70. The van der Waals surface area contributed by atoms with Crippen molar-refractivity contribution in [3.63, 3.8) is 0 Å². The van der Waals surface area contributed by atoms with E-state index in [9.17, 15) is 14.7 Å². The van der Waals surface area contributed by atoms with Gasteiger partial charge in [0.25, 0.3) is 0 Å². The van der Waals surface area contributed by atoms with Gasteiger partial charge in [0.2, 0.25) is 0 Å². The molecule has 1 amide bonds. The second-order valence-corrected chi connectivity index (χ2v) is 9.47. The third-order valence-corrected chi connectivity index (χ3v) is 7.03. The number of carbonyl (C=O) groups excluding carboxylic acids is 1. The lowest BCUT2D eigenvalue weighted by molar-refractivity contribution is -0.143. The molecule has 0 radical (unpaired) electrons. The Bertz CT molecular complexity index is 1050. The molecule has 2 aliphatic carbocycles. The first-order valence-corrected chi connectivity index (χ1v) is 11.9. The van der Waals surface area contributed by atoms with Gasteiger partial charge in [-0.25, -0.2) is 14.5 Å². The largest absolute Gasteiger partial charge is 0.489 e. The molecule has 2 fully saturated rings. The third-order valence-electron chi connectivity index (χ3n) is 7.03. The predicted octanol–water partition coefficient (Wildman–Crippen LogP) is 3.57. The van der Waals surface area contributed by atoms with Gasteiger partial charge < -0.3 is 19.5 Å². The van der Waals surface area contributed by atoms with E-state index in [1.807, 2.05) is 19.9 Å². The number of pyridine rings is 1. The summed E-state index contributed by atoms with van der Waals surface area (Å²) in [7, 11) is 3.52. The van der Waals surface area contributed by atoms with Crippen LogP contribution in [-0.4, -0.2) is 61.2 Å². The first-order chi connectivity index (χ1) is 16.2.